The van der Waals surface area contributed by atoms with Crippen molar-refractivity contribution in [3.63, 3.8) is 0 Å². The Morgan fingerprint density at radius 2 is 1.55 bits per heavy atom. The summed E-state index contributed by atoms with van der Waals surface area (Å²) in [7, 11) is 0. The summed E-state index contributed by atoms with van der Waals surface area (Å²) in [6, 6.07) is 26.7. The zero-order valence-electron chi connectivity index (χ0n) is 19.1. The molecule has 4 aromatic carbocycles. The molecular formula is C29H27N3O. The molecular weight excluding hydrogens is 406 g/mol. The number of rotatable bonds is 3. The highest BCUT2D eigenvalue weighted by Crippen LogP contribution is 2.52. The number of para-hydroxylation sites is 1. The first-order chi connectivity index (χ1) is 15.8. The van der Waals surface area contributed by atoms with E-state index in [0.717, 1.165) is 40.0 Å². The SMILES string of the molecule is Cc1ccc(N2c3ccccc3C(C)(C)c3ccc(C=O)cc32)cc1-c1ccc(N)c(N)c1. The normalized spacial score (nSPS) is 13.8. The number of nitrogen functional groups attached to an aromatic ring is 2. The van der Waals surface area contributed by atoms with Crippen LogP contribution in [-0.4, -0.2) is 6.29 Å². The second kappa shape index (κ2) is 7.52. The number of carbonyl (C=O) groups is 1. The van der Waals surface area contributed by atoms with Crippen molar-refractivity contribution in [2.75, 3.05) is 16.4 Å². The summed E-state index contributed by atoms with van der Waals surface area (Å²) < 4.78 is 0. The molecule has 1 heterocycles. The molecule has 1 aliphatic rings. The molecule has 0 aromatic heterocycles. The third-order valence-electron chi connectivity index (χ3n) is 6.77. The summed E-state index contributed by atoms with van der Waals surface area (Å²) in [5, 5.41) is 0. The highest BCUT2D eigenvalue weighted by molar-refractivity contribution is 5.90. The van der Waals surface area contributed by atoms with Gasteiger partial charge in [-0.15, -0.1) is 0 Å². The molecule has 0 bridgehead atoms. The number of aldehydes is 1. The van der Waals surface area contributed by atoms with Crippen LogP contribution >= 0.6 is 0 Å². The number of fused-ring (bicyclic) bond motifs is 2. The van der Waals surface area contributed by atoms with Gasteiger partial charge in [-0.2, -0.15) is 0 Å². The lowest BCUT2D eigenvalue weighted by atomic mass is 9.73. The number of hydrogen-bond donors (Lipinski definition) is 2. The topological polar surface area (TPSA) is 72.3 Å². The van der Waals surface area contributed by atoms with Gasteiger partial charge in [0, 0.05) is 16.7 Å². The molecule has 1 aliphatic heterocycles. The van der Waals surface area contributed by atoms with E-state index in [1.807, 2.05) is 30.3 Å². The molecule has 0 atom stereocenters. The van der Waals surface area contributed by atoms with Crippen LogP contribution in [-0.2, 0) is 5.41 Å². The number of nitrogens with zero attached hydrogens (tertiary/aromatic N) is 1. The molecule has 0 fully saturated rings. The van der Waals surface area contributed by atoms with Crippen molar-refractivity contribution in [1.29, 1.82) is 0 Å². The van der Waals surface area contributed by atoms with E-state index in [1.54, 1.807) is 0 Å². The molecule has 0 amide bonds. The van der Waals surface area contributed by atoms with Crippen molar-refractivity contribution < 1.29 is 4.79 Å². The Bertz CT molecular complexity index is 1400. The van der Waals surface area contributed by atoms with Crippen molar-refractivity contribution >= 4 is 34.7 Å². The van der Waals surface area contributed by atoms with E-state index in [2.05, 4.69) is 74.2 Å². The lowest BCUT2D eigenvalue weighted by Crippen LogP contribution is -2.30. The van der Waals surface area contributed by atoms with Gasteiger partial charge in [0.2, 0.25) is 0 Å². The minimum absolute atomic E-state index is 0.192. The van der Waals surface area contributed by atoms with Crippen LogP contribution in [0.5, 0.6) is 0 Å². The van der Waals surface area contributed by atoms with Gasteiger partial charge < -0.3 is 16.4 Å². The molecule has 0 unspecified atom stereocenters. The number of nitrogens with two attached hydrogens (primary N) is 2. The van der Waals surface area contributed by atoms with Gasteiger partial charge in [-0.05, 0) is 71.1 Å². The monoisotopic (exact) mass is 433 g/mol. The van der Waals surface area contributed by atoms with E-state index in [4.69, 9.17) is 11.5 Å². The molecule has 4 nitrogen and oxygen atoms in total. The average Bonchev–Trinajstić information content (AvgIpc) is 2.82. The van der Waals surface area contributed by atoms with E-state index in [9.17, 15) is 4.79 Å². The molecule has 0 saturated heterocycles. The number of aryl methyl sites for hydroxylation is 1. The summed E-state index contributed by atoms with van der Waals surface area (Å²) in [5.74, 6) is 0. The number of carbonyl (C=O) groups excluding carboxylic acids is 1. The van der Waals surface area contributed by atoms with Gasteiger partial charge in [0.05, 0.1) is 22.7 Å². The first-order valence-electron chi connectivity index (χ1n) is 11.1. The Labute approximate surface area is 194 Å². The molecule has 0 radical (unpaired) electrons. The van der Waals surface area contributed by atoms with E-state index < -0.39 is 0 Å². The van der Waals surface area contributed by atoms with Crippen LogP contribution in [0.1, 0.15) is 40.9 Å². The van der Waals surface area contributed by atoms with Gasteiger partial charge in [-0.1, -0.05) is 56.3 Å². The maximum Gasteiger partial charge on any atom is 0.150 e. The predicted molar refractivity (Wildman–Crippen MR) is 138 cm³/mol. The van der Waals surface area contributed by atoms with Gasteiger partial charge in [-0.3, -0.25) is 4.79 Å². The van der Waals surface area contributed by atoms with Crippen LogP contribution < -0.4 is 16.4 Å². The molecule has 4 N–H and O–H groups in total. The standard InChI is InChI=1S/C29H27N3O/c1-18-8-11-21(16-22(18)20-10-13-25(30)26(31)15-20)32-27-7-5-4-6-23(27)29(2,3)24-12-9-19(17-33)14-28(24)32/h4-17H,30-31H2,1-3H3. The van der Waals surface area contributed by atoms with Gasteiger partial charge in [-0.25, -0.2) is 0 Å². The highest BCUT2D eigenvalue weighted by atomic mass is 16.1. The quantitative estimate of drug-likeness (QED) is 0.277. The number of benzene rings is 4. The minimum atomic E-state index is -0.192. The summed E-state index contributed by atoms with van der Waals surface area (Å²) in [5.41, 5.74) is 22.5. The fourth-order valence-electron chi connectivity index (χ4n) is 4.89. The largest absolute Gasteiger partial charge is 0.397 e. The molecule has 4 aromatic rings. The van der Waals surface area contributed by atoms with Crippen molar-refractivity contribution in [3.8, 4) is 11.1 Å². The fraction of sp³-hybridized carbons (Fsp3) is 0.138. The zero-order chi connectivity index (χ0) is 23.3. The Morgan fingerprint density at radius 3 is 2.30 bits per heavy atom. The maximum atomic E-state index is 11.6. The van der Waals surface area contributed by atoms with Crippen LogP contribution in [0, 0.1) is 6.92 Å². The van der Waals surface area contributed by atoms with Crippen LogP contribution in [0.15, 0.2) is 78.9 Å². The summed E-state index contributed by atoms with van der Waals surface area (Å²) in [6.07, 6.45) is 0.906. The van der Waals surface area contributed by atoms with E-state index in [1.165, 1.54) is 11.1 Å². The lowest BCUT2D eigenvalue weighted by Gasteiger charge is -2.42. The van der Waals surface area contributed by atoms with Crippen LogP contribution in [0.3, 0.4) is 0 Å². The predicted octanol–water partition coefficient (Wildman–Crippen LogP) is 6.75. The van der Waals surface area contributed by atoms with E-state index >= 15 is 0 Å². The lowest BCUT2D eigenvalue weighted by molar-refractivity contribution is 0.112. The smallest absolute Gasteiger partial charge is 0.150 e. The summed E-state index contributed by atoms with van der Waals surface area (Å²) in [6.45, 7) is 6.57. The van der Waals surface area contributed by atoms with E-state index in [0.29, 0.717) is 16.9 Å². The molecule has 0 saturated carbocycles. The molecule has 0 spiro atoms. The Balaban J connectivity index is 1.76. The van der Waals surface area contributed by atoms with Gasteiger partial charge in [0.15, 0.2) is 0 Å². The van der Waals surface area contributed by atoms with Crippen molar-refractivity contribution in [1.82, 2.24) is 0 Å². The first kappa shape index (κ1) is 20.8. The summed E-state index contributed by atoms with van der Waals surface area (Å²) in [4.78, 5) is 13.9. The first-order valence-corrected chi connectivity index (χ1v) is 11.1. The average molecular weight is 434 g/mol. The summed E-state index contributed by atoms with van der Waals surface area (Å²) >= 11 is 0. The molecule has 4 heteroatoms. The Morgan fingerprint density at radius 1 is 0.788 bits per heavy atom. The molecule has 0 aliphatic carbocycles. The van der Waals surface area contributed by atoms with E-state index in [-0.39, 0.29) is 5.41 Å². The van der Waals surface area contributed by atoms with Crippen molar-refractivity contribution in [3.05, 3.63) is 101 Å². The van der Waals surface area contributed by atoms with Crippen molar-refractivity contribution in [2.45, 2.75) is 26.2 Å². The second-order valence-corrected chi connectivity index (χ2v) is 9.21. The van der Waals surface area contributed by atoms with Gasteiger partial charge in [0.1, 0.15) is 6.29 Å². The highest BCUT2D eigenvalue weighted by Gasteiger charge is 2.36. The third-order valence-corrected chi connectivity index (χ3v) is 6.77. The van der Waals surface area contributed by atoms with Crippen LogP contribution in [0.4, 0.5) is 28.4 Å². The number of hydrogen-bond acceptors (Lipinski definition) is 4. The Kier molecular flexibility index (Phi) is 4.75. The van der Waals surface area contributed by atoms with Gasteiger partial charge >= 0.3 is 0 Å². The second-order valence-electron chi connectivity index (χ2n) is 9.21. The Hall–Kier alpha value is -4.05. The number of anilines is 5. The van der Waals surface area contributed by atoms with Gasteiger partial charge in [0.25, 0.3) is 0 Å². The van der Waals surface area contributed by atoms with Crippen molar-refractivity contribution in [2.24, 2.45) is 0 Å². The van der Waals surface area contributed by atoms with Crippen LogP contribution in [0.25, 0.3) is 11.1 Å². The fourth-order valence-corrected chi connectivity index (χ4v) is 4.89. The van der Waals surface area contributed by atoms with Crippen LogP contribution in [0.2, 0.25) is 0 Å². The zero-order valence-corrected chi connectivity index (χ0v) is 19.1. The minimum Gasteiger partial charge on any atom is -0.397 e. The molecule has 164 valence electrons. The third kappa shape index (κ3) is 3.26. The maximum absolute atomic E-state index is 11.6. The molecule has 5 rings (SSSR count). The molecule has 33 heavy (non-hydrogen) atoms.